The molecule has 0 aliphatic carbocycles. The summed E-state index contributed by atoms with van der Waals surface area (Å²) in [7, 11) is 0. The van der Waals surface area contributed by atoms with E-state index in [-0.39, 0.29) is 11.6 Å². The molecule has 0 saturated heterocycles. The van der Waals surface area contributed by atoms with Crippen molar-refractivity contribution in [2.75, 3.05) is 29.9 Å². The number of nitrogens with two attached hydrogens (primary N) is 2. The zero-order chi connectivity index (χ0) is 19.9. The van der Waals surface area contributed by atoms with Crippen LogP contribution in [-0.4, -0.2) is 54.2 Å². The molecule has 2 aromatic heterocycles. The first-order valence-corrected chi connectivity index (χ1v) is 9.49. The highest BCUT2D eigenvalue weighted by Crippen LogP contribution is 2.16. The van der Waals surface area contributed by atoms with Gasteiger partial charge in [0, 0.05) is 22.9 Å². The van der Waals surface area contributed by atoms with E-state index >= 15 is 0 Å². The number of thioether (sulfide) groups is 1. The lowest BCUT2D eigenvalue weighted by atomic mass is 10.5. The molecule has 0 radical (unpaired) electrons. The van der Waals surface area contributed by atoms with Crippen LogP contribution < -0.4 is 22.3 Å². The average Bonchev–Trinajstić information content (AvgIpc) is 2.90. The number of rotatable bonds is 7. The Morgan fingerprint density at radius 3 is 2.89 bits per heavy atom. The first kappa shape index (κ1) is 20.9. The van der Waals surface area contributed by atoms with Gasteiger partial charge in [0.25, 0.3) is 0 Å². The number of hydrogen-bond donors (Lipinski definition) is 4. The highest BCUT2D eigenvalue weighted by atomic mass is 32.2. The van der Waals surface area contributed by atoms with E-state index in [1.54, 1.807) is 0 Å². The molecule has 27 heavy (non-hydrogen) atoms. The number of alkyl halides is 3. The minimum Gasteiger partial charge on any atom is -0.548 e. The normalized spacial score (nSPS) is 13.9. The van der Waals surface area contributed by atoms with Crippen LogP contribution in [0.1, 0.15) is 6.42 Å². The molecule has 0 fully saturated rings. The number of nitrogens with zero attached hydrogens (tertiary/aromatic N) is 5. The van der Waals surface area contributed by atoms with E-state index in [1.165, 1.54) is 24.0 Å². The van der Waals surface area contributed by atoms with Crippen molar-refractivity contribution < 1.29 is 17.7 Å². The predicted octanol–water partition coefficient (Wildman–Crippen LogP) is 0.881. The molecular weight excluding hydrogens is 407 g/mol. The first-order chi connectivity index (χ1) is 12.7. The summed E-state index contributed by atoms with van der Waals surface area (Å²) in [6.45, 7) is -0.948. The minimum atomic E-state index is -4.43. The molecule has 0 aliphatic rings. The number of nitrogens with one attached hydrogen (secondary N) is 2. The summed E-state index contributed by atoms with van der Waals surface area (Å²) in [6.07, 6.45) is -2.32. The average molecular weight is 423 g/mol. The number of hydrogen-bond acceptors (Lipinski definition) is 8. The quantitative estimate of drug-likeness (QED) is 0.127. The van der Waals surface area contributed by atoms with Gasteiger partial charge >= 0.3 is 6.18 Å². The molecular formula is C12H16F3N9OS2. The second kappa shape index (κ2) is 9.52. The van der Waals surface area contributed by atoms with Crippen LogP contribution in [0, 0.1) is 0 Å². The van der Waals surface area contributed by atoms with Crippen molar-refractivity contribution >= 4 is 40.5 Å². The van der Waals surface area contributed by atoms with E-state index < -0.39 is 29.8 Å². The van der Waals surface area contributed by atoms with E-state index in [0.29, 0.717) is 29.4 Å². The molecule has 0 spiro atoms. The van der Waals surface area contributed by atoms with Crippen LogP contribution in [0.25, 0.3) is 0 Å². The number of anilines is 2. The standard InChI is InChI=1S/C12H16F3N9OS2/c13-12(14,15)6-20-10(17)21-7-2-4-19-11(22-7)26-5-1-3-18-9-8(16)23-27(25)24-9/h2,4H,1,3,5-6H2,(H2,16,23)(H,18,24)(H3,17,19,20,21,22). The van der Waals surface area contributed by atoms with Gasteiger partial charge in [0.05, 0.1) is 0 Å². The molecule has 1 unspecified atom stereocenters. The van der Waals surface area contributed by atoms with Crippen LogP contribution >= 0.6 is 22.9 Å². The fraction of sp³-hybridized carbons (Fsp3) is 0.417. The van der Waals surface area contributed by atoms with Gasteiger partial charge in [-0.25, -0.2) is 15.0 Å². The van der Waals surface area contributed by atoms with Crippen LogP contribution in [-0.2, 0) is 0 Å². The molecule has 10 nitrogen and oxygen atoms in total. The van der Waals surface area contributed by atoms with Crippen LogP contribution in [0.4, 0.5) is 24.8 Å². The Kier molecular flexibility index (Phi) is 7.37. The summed E-state index contributed by atoms with van der Waals surface area (Å²) in [5.41, 5.74) is 11.2. The summed E-state index contributed by atoms with van der Waals surface area (Å²) in [4.78, 5) is 15.5. The lowest BCUT2D eigenvalue weighted by molar-refractivity contribution is -0.118. The number of guanidine groups is 1. The Balaban J connectivity index is 1.81. The summed E-state index contributed by atoms with van der Waals surface area (Å²) < 4.78 is 53.5. The van der Waals surface area contributed by atoms with Crippen LogP contribution in [0.2, 0.25) is 0 Å². The minimum absolute atomic E-state index is 0.105. The first-order valence-electron chi connectivity index (χ1n) is 7.40. The number of aromatic nitrogens is 4. The fourth-order valence-corrected chi connectivity index (χ4v) is 3.05. The van der Waals surface area contributed by atoms with Crippen molar-refractivity contribution in [2.45, 2.75) is 17.8 Å². The van der Waals surface area contributed by atoms with Crippen molar-refractivity contribution in [3.63, 3.8) is 0 Å². The van der Waals surface area contributed by atoms with Gasteiger partial charge in [-0.3, -0.25) is 4.99 Å². The summed E-state index contributed by atoms with van der Waals surface area (Å²) in [5, 5.41) is 2.89. The molecule has 1 atom stereocenters. The summed E-state index contributed by atoms with van der Waals surface area (Å²) >= 11 is -0.238. The molecule has 0 aliphatic heterocycles. The zero-order valence-electron chi connectivity index (χ0n) is 13.7. The molecule has 2 heterocycles. The largest absolute Gasteiger partial charge is 0.548 e. The van der Waals surface area contributed by atoms with Crippen LogP contribution in [0.5, 0.6) is 0 Å². The Morgan fingerprint density at radius 1 is 1.44 bits per heavy atom. The summed E-state index contributed by atoms with van der Waals surface area (Å²) in [5.74, 6) is 0.571. The monoisotopic (exact) mass is 423 g/mol. The maximum absolute atomic E-state index is 12.1. The number of nitrogen functional groups attached to an aromatic ring is 1. The van der Waals surface area contributed by atoms with Gasteiger partial charge in [-0.2, -0.15) is 13.2 Å². The number of aliphatic imine (C=N–C) groups is 1. The Bertz CT molecular complexity index is 849. The summed E-state index contributed by atoms with van der Waals surface area (Å²) in [6, 6.07) is 1.46. The molecule has 0 saturated carbocycles. The Morgan fingerprint density at radius 2 is 2.22 bits per heavy atom. The van der Waals surface area contributed by atoms with Gasteiger partial charge in [0.2, 0.25) is 11.3 Å². The van der Waals surface area contributed by atoms with Gasteiger partial charge in [-0.1, -0.05) is 11.8 Å². The van der Waals surface area contributed by atoms with Gasteiger partial charge in [-0.05, 0) is 12.5 Å². The third kappa shape index (κ3) is 7.79. The van der Waals surface area contributed by atoms with Gasteiger partial charge in [-0.15, -0.1) is 4.37 Å². The van der Waals surface area contributed by atoms with Crippen molar-refractivity contribution in [1.29, 1.82) is 0 Å². The lowest BCUT2D eigenvalue weighted by Gasteiger charge is -2.07. The maximum atomic E-state index is 12.1. The number of halogens is 3. The Hall–Kier alpha value is -2.39. The number of H-pyrrole nitrogens is 1. The van der Waals surface area contributed by atoms with Crippen molar-refractivity contribution in [2.24, 2.45) is 15.7 Å². The molecule has 2 rings (SSSR count). The highest BCUT2D eigenvalue weighted by Gasteiger charge is 2.26. The Labute approximate surface area is 158 Å². The van der Waals surface area contributed by atoms with E-state index in [2.05, 4.69) is 34.0 Å². The maximum Gasteiger partial charge on any atom is 0.408 e. The molecule has 148 valence electrons. The van der Waals surface area contributed by atoms with Crippen LogP contribution in [0.3, 0.4) is 0 Å². The topological polar surface area (TPSA) is 166 Å². The molecule has 15 heteroatoms. The highest BCUT2D eigenvalue weighted by molar-refractivity contribution is 7.99. The zero-order valence-corrected chi connectivity index (χ0v) is 15.4. The number of aromatic amines is 1. The molecule has 2 aromatic rings. The van der Waals surface area contributed by atoms with Crippen molar-refractivity contribution in [3.05, 3.63) is 17.8 Å². The third-order valence-corrected chi connectivity index (χ3v) is 4.41. The van der Waals surface area contributed by atoms with E-state index in [1.807, 2.05) is 0 Å². The molecule has 6 N–H and O–H groups in total. The third-order valence-electron chi connectivity index (χ3n) is 2.73. The van der Waals surface area contributed by atoms with Gasteiger partial charge < -0.3 is 21.3 Å². The SMILES string of the molecule is NC(=NCC(F)(F)F)Nc1ccnc(SCCCN=c2[nH][s+]([O-])nc2N)n1. The smallest absolute Gasteiger partial charge is 0.408 e. The molecule has 0 bridgehead atoms. The van der Waals surface area contributed by atoms with Gasteiger partial charge in [0.1, 0.15) is 12.4 Å². The predicted molar refractivity (Wildman–Crippen MR) is 95.6 cm³/mol. The molecule has 0 aromatic carbocycles. The van der Waals surface area contributed by atoms with Gasteiger partial charge in [0.15, 0.2) is 22.3 Å². The van der Waals surface area contributed by atoms with E-state index in [9.17, 15) is 17.7 Å². The fourth-order valence-electron chi connectivity index (χ4n) is 1.65. The lowest BCUT2D eigenvalue weighted by Crippen LogP contribution is -2.26. The van der Waals surface area contributed by atoms with E-state index in [0.717, 1.165) is 0 Å². The second-order valence-corrected chi connectivity index (χ2v) is 6.87. The second-order valence-electron chi connectivity index (χ2n) is 4.93. The van der Waals surface area contributed by atoms with Crippen molar-refractivity contribution in [3.8, 4) is 0 Å². The van der Waals surface area contributed by atoms with E-state index in [4.69, 9.17) is 11.5 Å². The van der Waals surface area contributed by atoms with Crippen LogP contribution in [0.15, 0.2) is 27.4 Å². The van der Waals surface area contributed by atoms with Crippen molar-refractivity contribution in [1.82, 2.24) is 18.7 Å². The molecule has 0 amide bonds.